The van der Waals surface area contributed by atoms with Crippen molar-refractivity contribution in [2.45, 2.75) is 25.6 Å². The molecule has 1 saturated heterocycles. The van der Waals surface area contributed by atoms with Gasteiger partial charge in [0.1, 0.15) is 6.10 Å². The molecular weight excluding hydrogens is 493 g/mol. The minimum absolute atomic E-state index is 0.145. The van der Waals surface area contributed by atoms with Gasteiger partial charge >= 0.3 is 12.1 Å². The van der Waals surface area contributed by atoms with E-state index in [2.05, 4.69) is 9.88 Å². The highest BCUT2D eigenvalue weighted by atomic mass is 35.5. The smallest absolute Gasteiger partial charge is 0.417 e. The molecule has 9 heteroatoms. The molecule has 1 atom stereocenters. The number of carbonyl (C=O) groups is 1. The first-order chi connectivity index (χ1) is 17.2. The summed E-state index contributed by atoms with van der Waals surface area (Å²) in [4.78, 5) is 17.9. The summed E-state index contributed by atoms with van der Waals surface area (Å²) in [5, 5.41) is 0.615. The van der Waals surface area contributed by atoms with E-state index in [9.17, 15) is 18.0 Å². The maximum Gasteiger partial charge on any atom is 0.417 e. The molecule has 0 bridgehead atoms. The lowest BCUT2D eigenvalue weighted by Gasteiger charge is -2.22. The van der Waals surface area contributed by atoms with Gasteiger partial charge in [-0.25, -0.2) is 9.78 Å². The van der Waals surface area contributed by atoms with E-state index in [1.807, 2.05) is 42.5 Å². The lowest BCUT2D eigenvalue weighted by atomic mass is 10.0. The van der Waals surface area contributed by atoms with E-state index >= 15 is 0 Å². The van der Waals surface area contributed by atoms with Crippen LogP contribution in [0.5, 0.6) is 5.88 Å². The van der Waals surface area contributed by atoms with E-state index < -0.39 is 17.7 Å². The van der Waals surface area contributed by atoms with Crippen molar-refractivity contribution >= 4 is 29.3 Å². The molecule has 0 radical (unpaired) electrons. The molecule has 1 aliphatic rings. The summed E-state index contributed by atoms with van der Waals surface area (Å²) in [5.74, 6) is -0.297. The normalized spacial score (nSPS) is 15.9. The Hall–Kier alpha value is -3.52. The molecule has 0 amide bonds. The quantitative estimate of drug-likeness (QED) is 0.260. The number of esters is 1. The van der Waals surface area contributed by atoms with Crippen molar-refractivity contribution in [2.24, 2.45) is 0 Å². The molecule has 0 saturated carbocycles. The Kier molecular flexibility index (Phi) is 7.84. The zero-order valence-electron chi connectivity index (χ0n) is 19.5. The van der Waals surface area contributed by atoms with Gasteiger partial charge in [-0.2, -0.15) is 13.2 Å². The van der Waals surface area contributed by atoms with E-state index in [1.165, 1.54) is 12.1 Å². The number of nitrogens with zero attached hydrogens (tertiary/aromatic N) is 2. The number of aromatic nitrogens is 1. The SMILES string of the molecule is CCOC(=O)/C=C/c1cc(-c2ccccc2Cl)ccc1N1CC[C@H](Oc2ccc(C(F)(F)F)cn2)C1. The zero-order chi connectivity index (χ0) is 25.7. The molecule has 0 aliphatic carbocycles. The third-order valence-electron chi connectivity index (χ3n) is 5.73. The van der Waals surface area contributed by atoms with Crippen LogP contribution in [0.3, 0.4) is 0 Å². The monoisotopic (exact) mass is 516 g/mol. The highest BCUT2D eigenvalue weighted by Crippen LogP contribution is 2.34. The summed E-state index contributed by atoms with van der Waals surface area (Å²) in [6, 6.07) is 15.6. The minimum atomic E-state index is -4.45. The Morgan fingerprint density at radius 2 is 2.00 bits per heavy atom. The van der Waals surface area contributed by atoms with Crippen molar-refractivity contribution in [3.63, 3.8) is 0 Å². The van der Waals surface area contributed by atoms with Crippen molar-refractivity contribution < 1.29 is 27.4 Å². The van der Waals surface area contributed by atoms with Gasteiger partial charge in [0.25, 0.3) is 0 Å². The molecule has 0 N–H and O–H groups in total. The average Bonchev–Trinajstić information content (AvgIpc) is 3.31. The molecule has 1 aromatic heterocycles. The predicted octanol–water partition coefficient (Wildman–Crippen LogP) is 6.65. The number of hydrogen-bond acceptors (Lipinski definition) is 5. The van der Waals surface area contributed by atoms with Crippen LogP contribution in [-0.4, -0.2) is 36.8 Å². The van der Waals surface area contributed by atoms with E-state index in [0.717, 1.165) is 34.6 Å². The van der Waals surface area contributed by atoms with Gasteiger partial charge in [-0.1, -0.05) is 35.9 Å². The molecule has 3 aromatic rings. The van der Waals surface area contributed by atoms with E-state index in [-0.39, 0.29) is 18.6 Å². The van der Waals surface area contributed by atoms with Gasteiger partial charge in [0.15, 0.2) is 0 Å². The van der Waals surface area contributed by atoms with Gasteiger partial charge in [0, 0.05) is 47.6 Å². The van der Waals surface area contributed by atoms with Gasteiger partial charge < -0.3 is 14.4 Å². The third kappa shape index (κ3) is 6.18. The number of carbonyl (C=O) groups excluding carboxylic acids is 1. The van der Waals surface area contributed by atoms with Crippen LogP contribution in [-0.2, 0) is 15.7 Å². The maximum atomic E-state index is 12.8. The van der Waals surface area contributed by atoms with E-state index in [0.29, 0.717) is 24.5 Å². The van der Waals surface area contributed by atoms with Crippen LogP contribution in [0.2, 0.25) is 5.02 Å². The summed E-state index contributed by atoms with van der Waals surface area (Å²) in [5.41, 5.74) is 2.63. The summed E-state index contributed by atoms with van der Waals surface area (Å²) >= 11 is 6.39. The predicted molar refractivity (Wildman–Crippen MR) is 133 cm³/mol. The standard InChI is InChI=1S/C27H24ClF3N2O3/c1-2-35-26(34)12-8-19-15-18(22-5-3-4-6-23(22)28)7-10-24(19)33-14-13-21(17-33)36-25-11-9-20(16-32-25)27(29,30)31/h3-12,15-16,21H,2,13-14,17H2,1H3/b12-8+/t21-/m0/s1. The first kappa shape index (κ1) is 25.6. The van der Waals surface area contributed by atoms with Crippen LogP contribution in [0.4, 0.5) is 18.9 Å². The number of benzene rings is 2. The van der Waals surface area contributed by atoms with Crippen molar-refractivity contribution in [1.29, 1.82) is 0 Å². The van der Waals surface area contributed by atoms with Crippen LogP contribution in [0, 0.1) is 0 Å². The topological polar surface area (TPSA) is 51.7 Å². The molecule has 36 heavy (non-hydrogen) atoms. The van der Waals surface area contributed by atoms with E-state index in [1.54, 1.807) is 13.0 Å². The number of rotatable bonds is 7. The fourth-order valence-corrected chi connectivity index (χ4v) is 4.26. The molecule has 1 fully saturated rings. The van der Waals surface area contributed by atoms with E-state index in [4.69, 9.17) is 21.1 Å². The summed E-state index contributed by atoms with van der Waals surface area (Å²) in [6.45, 7) is 3.19. The molecule has 4 rings (SSSR count). The largest absolute Gasteiger partial charge is 0.472 e. The molecule has 2 aromatic carbocycles. The fourth-order valence-electron chi connectivity index (χ4n) is 4.02. The Balaban J connectivity index is 1.55. The maximum absolute atomic E-state index is 12.8. The first-order valence-corrected chi connectivity index (χ1v) is 11.8. The molecule has 1 aliphatic heterocycles. The third-order valence-corrected chi connectivity index (χ3v) is 6.06. The molecule has 188 valence electrons. The Morgan fingerprint density at radius 1 is 1.19 bits per heavy atom. The van der Waals surface area contributed by atoms with Gasteiger partial charge in [-0.15, -0.1) is 0 Å². The lowest BCUT2D eigenvalue weighted by molar-refractivity contribution is -0.138. The number of hydrogen-bond donors (Lipinski definition) is 0. The van der Waals surface area contributed by atoms with Crippen molar-refractivity contribution in [2.75, 3.05) is 24.6 Å². The number of halogens is 4. The number of anilines is 1. The Bertz CT molecular complexity index is 1250. The second kappa shape index (κ2) is 11.0. The summed E-state index contributed by atoms with van der Waals surface area (Å²) < 4.78 is 49.2. The van der Waals surface area contributed by atoms with Gasteiger partial charge in [0.2, 0.25) is 5.88 Å². The van der Waals surface area contributed by atoms with Crippen LogP contribution in [0.25, 0.3) is 17.2 Å². The van der Waals surface area contributed by atoms with Crippen molar-refractivity contribution in [1.82, 2.24) is 4.98 Å². The minimum Gasteiger partial charge on any atom is -0.472 e. The van der Waals surface area contributed by atoms with Gasteiger partial charge in [-0.05, 0) is 48.4 Å². The second-order valence-electron chi connectivity index (χ2n) is 8.20. The van der Waals surface area contributed by atoms with Crippen LogP contribution in [0.1, 0.15) is 24.5 Å². The van der Waals surface area contributed by atoms with Gasteiger partial charge in [0.05, 0.1) is 18.7 Å². The highest BCUT2D eigenvalue weighted by Gasteiger charge is 2.31. The summed E-state index contributed by atoms with van der Waals surface area (Å²) in [7, 11) is 0. The zero-order valence-corrected chi connectivity index (χ0v) is 20.2. The second-order valence-corrected chi connectivity index (χ2v) is 8.60. The lowest BCUT2D eigenvalue weighted by Crippen LogP contribution is -2.25. The Morgan fingerprint density at radius 3 is 2.69 bits per heavy atom. The number of ether oxygens (including phenoxy) is 2. The van der Waals surface area contributed by atoms with Gasteiger partial charge in [-0.3, -0.25) is 0 Å². The molecular formula is C27H24ClF3N2O3. The highest BCUT2D eigenvalue weighted by molar-refractivity contribution is 6.33. The first-order valence-electron chi connectivity index (χ1n) is 11.4. The molecule has 0 unspecified atom stereocenters. The van der Waals surface area contributed by atoms with Crippen molar-refractivity contribution in [3.8, 4) is 17.0 Å². The number of pyridine rings is 1. The molecule has 5 nitrogen and oxygen atoms in total. The summed E-state index contributed by atoms with van der Waals surface area (Å²) in [6.07, 6.45) is -0.170. The average molecular weight is 517 g/mol. The molecule has 2 heterocycles. The van der Waals surface area contributed by atoms with Crippen LogP contribution in [0.15, 0.2) is 66.9 Å². The molecule has 0 spiro atoms. The van der Waals surface area contributed by atoms with Crippen LogP contribution >= 0.6 is 11.6 Å². The Labute approximate surface area is 212 Å². The fraction of sp³-hybridized carbons (Fsp3) is 0.259. The number of alkyl halides is 3. The van der Waals surface area contributed by atoms with Crippen LogP contribution < -0.4 is 9.64 Å². The van der Waals surface area contributed by atoms with Crippen molar-refractivity contribution in [3.05, 3.63) is 83.0 Å².